The van der Waals surface area contributed by atoms with Crippen LogP contribution in [0.15, 0.2) is 108 Å². The smallest absolute Gasteiger partial charge is 0.351 e. The lowest BCUT2D eigenvalue weighted by molar-refractivity contribution is -0.108. The Hall–Kier alpha value is -5.09. The highest BCUT2D eigenvalue weighted by Gasteiger charge is 2.52. The van der Waals surface area contributed by atoms with Crippen molar-refractivity contribution in [3.8, 4) is 0 Å². The zero-order chi connectivity index (χ0) is 29.7. The lowest BCUT2D eigenvalue weighted by Gasteiger charge is -2.30. The van der Waals surface area contributed by atoms with Crippen LogP contribution in [0.4, 0.5) is 5.82 Å². The number of hydrogen-bond donors (Lipinski definition) is 1. The molecule has 10 heteroatoms. The summed E-state index contributed by atoms with van der Waals surface area (Å²) in [6.45, 7) is 3.33. The summed E-state index contributed by atoms with van der Waals surface area (Å²) >= 11 is 0. The monoisotopic (exact) mass is 567 g/mol. The van der Waals surface area contributed by atoms with Crippen LogP contribution in [0.5, 0.6) is 0 Å². The van der Waals surface area contributed by atoms with Crippen molar-refractivity contribution in [1.29, 1.82) is 0 Å². The van der Waals surface area contributed by atoms with Crippen LogP contribution in [0.1, 0.15) is 57.6 Å². The quantitative estimate of drug-likeness (QED) is 0.305. The third-order valence-corrected chi connectivity index (χ3v) is 6.95. The fourth-order valence-corrected chi connectivity index (χ4v) is 4.76. The van der Waals surface area contributed by atoms with E-state index in [-0.39, 0.29) is 12.2 Å². The largest absolute Gasteiger partial charge is 0.456 e. The van der Waals surface area contributed by atoms with Gasteiger partial charge in [0, 0.05) is 18.2 Å². The van der Waals surface area contributed by atoms with Crippen LogP contribution in [0.25, 0.3) is 0 Å². The van der Waals surface area contributed by atoms with E-state index in [1.165, 1.54) is 16.8 Å². The van der Waals surface area contributed by atoms with Crippen LogP contribution >= 0.6 is 0 Å². The van der Waals surface area contributed by atoms with Gasteiger partial charge in [0.25, 0.3) is 5.91 Å². The summed E-state index contributed by atoms with van der Waals surface area (Å²) < 4.78 is 19.1. The van der Waals surface area contributed by atoms with E-state index in [0.717, 1.165) is 0 Å². The van der Waals surface area contributed by atoms with Gasteiger partial charge in [-0.1, -0.05) is 54.6 Å². The predicted octanol–water partition coefficient (Wildman–Crippen LogP) is 4.64. The molecule has 1 amide bonds. The number of nitrogens with one attached hydrogen (secondary N) is 1. The van der Waals surface area contributed by atoms with Gasteiger partial charge in [0.15, 0.2) is 11.8 Å². The first-order chi connectivity index (χ1) is 20.2. The van der Waals surface area contributed by atoms with E-state index >= 15 is 0 Å². The molecule has 4 aromatic rings. The Labute approximate surface area is 241 Å². The van der Waals surface area contributed by atoms with E-state index in [1.807, 2.05) is 0 Å². The number of rotatable bonds is 8. The predicted molar refractivity (Wildman–Crippen MR) is 153 cm³/mol. The number of ether oxygens (including phenoxy) is 3. The van der Waals surface area contributed by atoms with Gasteiger partial charge in [-0.25, -0.2) is 14.4 Å². The number of esters is 2. The standard InChI is InChI=1S/C32H29N3O7/c1-21(40-28(37)23-14-8-4-9-15-23)25-20-32(2,42-29(38)24-16-10-5-11-17-24)30(41-25)35-19-18-26(34-31(35)39)33-27(36)22-12-6-3-7-13-22/h3-19,21,25,30H,20H2,1-2H3,(H,33,34,36,39)/t21-,25+,30-,32-/m1/s1. The molecular formula is C32H29N3O7. The van der Waals surface area contributed by atoms with Crippen LogP contribution < -0.4 is 11.0 Å². The SMILES string of the molecule is C[C@@H](OC(=O)c1ccccc1)[C@@H]1C[C@@](C)(OC(=O)c2ccccc2)[C@H](n2ccc(NC(=O)c3ccccc3)nc2=O)O1. The van der Waals surface area contributed by atoms with Crippen molar-refractivity contribution < 1.29 is 28.6 Å². The Bertz CT molecular complexity index is 1630. The molecule has 0 aliphatic carbocycles. The number of carbonyl (C=O) groups excluding carboxylic acids is 3. The van der Waals surface area contributed by atoms with Crippen molar-refractivity contribution in [3.05, 3.63) is 130 Å². The maximum absolute atomic E-state index is 13.2. The van der Waals surface area contributed by atoms with Gasteiger partial charge in [-0.3, -0.25) is 9.36 Å². The van der Waals surface area contributed by atoms with Gasteiger partial charge in [0.05, 0.1) is 11.1 Å². The first kappa shape index (κ1) is 28.4. The number of hydrogen-bond acceptors (Lipinski definition) is 8. The van der Waals surface area contributed by atoms with E-state index in [9.17, 15) is 19.2 Å². The van der Waals surface area contributed by atoms with Crippen LogP contribution in [-0.4, -0.2) is 45.2 Å². The third-order valence-electron chi connectivity index (χ3n) is 6.95. The van der Waals surface area contributed by atoms with Crippen molar-refractivity contribution in [2.75, 3.05) is 5.32 Å². The second kappa shape index (κ2) is 12.2. The number of nitrogens with zero attached hydrogens (tertiary/aromatic N) is 2. The summed E-state index contributed by atoms with van der Waals surface area (Å²) in [4.78, 5) is 55.6. The molecule has 2 heterocycles. The Balaban J connectivity index is 1.40. The van der Waals surface area contributed by atoms with Crippen molar-refractivity contribution in [2.45, 2.75) is 44.3 Å². The molecule has 1 fully saturated rings. The Morgan fingerprint density at radius 3 is 2.00 bits per heavy atom. The number of anilines is 1. The maximum Gasteiger partial charge on any atom is 0.351 e. The molecule has 42 heavy (non-hydrogen) atoms. The summed E-state index contributed by atoms with van der Waals surface area (Å²) in [5, 5.41) is 2.61. The molecule has 1 N–H and O–H groups in total. The fourth-order valence-electron chi connectivity index (χ4n) is 4.76. The Kier molecular flexibility index (Phi) is 8.26. The van der Waals surface area contributed by atoms with Crippen LogP contribution in [0.2, 0.25) is 0 Å². The van der Waals surface area contributed by atoms with Gasteiger partial charge < -0.3 is 19.5 Å². The molecule has 1 aromatic heterocycles. The van der Waals surface area contributed by atoms with Gasteiger partial charge in [-0.05, 0) is 56.3 Å². The molecule has 3 aromatic carbocycles. The molecule has 5 rings (SSSR count). The van der Waals surface area contributed by atoms with Crippen molar-refractivity contribution >= 4 is 23.7 Å². The molecule has 0 bridgehead atoms. The maximum atomic E-state index is 13.2. The van der Waals surface area contributed by atoms with Crippen LogP contribution in [-0.2, 0) is 14.2 Å². The molecule has 10 nitrogen and oxygen atoms in total. The Morgan fingerprint density at radius 1 is 0.881 bits per heavy atom. The van der Waals surface area contributed by atoms with Gasteiger partial charge in [-0.15, -0.1) is 0 Å². The minimum atomic E-state index is -1.34. The molecule has 1 aliphatic rings. The zero-order valence-electron chi connectivity index (χ0n) is 23.0. The summed E-state index contributed by atoms with van der Waals surface area (Å²) in [6.07, 6.45) is -1.03. The highest BCUT2D eigenvalue weighted by molar-refractivity contribution is 6.03. The summed E-state index contributed by atoms with van der Waals surface area (Å²) in [7, 11) is 0. The number of amides is 1. The molecule has 214 valence electrons. The van der Waals surface area contributed by atoms with Gasteiger partial charge in [0.1, 0.15) is 18.0 Å². The lowest BCUT2D eigenvalue weighted by Crippen LogP contribution is -2.42. The molecule has 0 unspecified atom stereocenters. The Morgan fingerprint density at radius 2 is 1.43 bits per heavy atom. The zero-order valence-corrected chi connectivity index (χ0v) is 23.0. The van der Waals surface area contributed by atoms with E-state index in [0.29, 0.717) is 16.7 Å². The summed E-state index contributed by atoms with van der Waals surface area (Å²) in [5.74, 6) is -1.51. The lowest BCUT2D eigenvalue weighted by atomic mass is 9.97. The van der Waals surface area contributed by atoms with Crippen molar-refractivity contribution in [3.63, 3.8) is 0 Å². The summed E-state index contributed by atoms with van der Waals surface area (Å²) in [5.41, 5.74) is -0.961. The molecule has 0 radical (unpaired) electrons. The molecule has 1 saturated heterocycles. The first-order valence-electron chi connectivity index (χ1n) is 13.4. The number of aromatic nitrogens is 2. The molecule has 0 saturated carbocycles. The number of carbonyl (C=O) groups is 3. The first-order valence-corrected chi connectivity index (χ1v) is 13.4. The van der Waals surface area contributed by atoms with Crippen molar-refractivity contribution in [2.24, 2.45) is 0 Å². The van der Waals surface area contributed by atoms with E-state index in [2.05, 4.69) is 10.3 Å². The van der Waals surface area contributed by atoms with Gasteiger partial charge in [-0.2, -0.15) is 4.98 Å². The fraction of sp³-hybridized carbons (Fsp3) is 0.219. The second-order valence-corrected chi connectivity index (χ2v) is 10.1. The van der Waals surface area contributed by atoms with Crippen molar-refractivity contribution in [1.82, 2.24) is 9.55 Å². The van der Waals surface area contributed by atoms with Gasteiger partial charge >= 0.3 is 17.6 Å². The van der Waals surface area contributed by atoms with Crippen LogP contribution in [0, 0.1) is 0 Å². The highest BCUT2D eigenvalue weighted by atomic mass is 16.6. The van der Waals surface area contributed by atoms with Gasteiger partial charge in [0.2, 0.25) is 0 Å². The highest BCUT2D eigenvalue weighted by Crippen LogP contribution is 2.42. The topological polar surface area (TPSA) is 126 Å². The van der Waals surface area contributed by atoms with E-state index in [4.69, 9.17) is 14.2 Å². The second-order valence-electron chi connectivity index (χ2n) is 10.1. The molecule has 0 spiro atoms. The average molecular weight is 568 g/mol. The average Bonchev–Trinajstić information content (AvgIpc) is 3.35. The molecular weight excluding hydrogens is 538 g/mol. The van der Waals surface area contributed by atoms with E-state index < -0.39 is 47.6 Å². The third kappa shape index (κ3) is 6.29. The summed E-state index contributed by atoms with van der Waals surface area (Å²) in [6, 6.07) is 27.0. The van der Waals surface area contributed by atoms with E-state index in [1.54, 1.807) is 105 Å². The normalized spacial score (nSPS) is 20.3. The number of benzene rings is 3. The molecule has 1 aliphatic heterocycles. The van der Waals surface area contributed by atoms with Crippen LogP contribution in [0.3, 0.4) is 0 Å². The molecule has 4 atom stereocenters. The minimum absolute atomic E-state index is 0.0489. The minimum Gasteiger partial charge on any atom is -0.456 e.